The molecule has 1 saturated heterocycles. The first-order valence-electron chi connectivity index (χ1n) is 8.87. The van der Waals surface area contributed by atoms with Crippen molar-refractivity contribution in [3.05, 3.63) is 58.9 Å². The van der Waals surface area contributed by atoms with Crippen molar-refractivity contribution in [1.82, 2.24) is 9.88 Å². The maximum atomic E-state index is 12.9. The molecule has 0 saturated carbocycles. The largest absolute Gasteiger partial charge is 0.339 e. The van der Waals surface area contributed by atoms with Crippen LogP contribution in [0.2, 0.25) is 5.02 Å². The van der Waals surface area contributed by atoms with E-state index in [1.54, 1.807) is 17.3 Å². The SMILES string of the molecule is CCN(CCc1ccncc1)C(=O)c1ccc(Cl)c(N2C(=O)CCS2(=O)=O)c1. The number of sulfonamides is 1. The van der Waals surface area contributed by atoms with Gasteiger partial charge >= 0.3 is 0 Å². The maximum Gasteiger partial charge on any atom is 0.253 e. The number of hydrogen-bond acceptors (Lipinski definition) is 5. The minimum atomic E-state index is -3.76. The smallest absolute Gasteiger partial charge is 0.253 e. The van der Waals surface area contributed by atoms with Crippen LogP contribution in [0.1, 0.15) is 29.3 Å². The number of pyridine rings is 1. The van der Waals surface area contributed by atoms with E-state index >= 15 is 0 Å². The Bertz CT molecular complexity index is 995. The predicted molar refractivity (Wildman–Crippen MR) is 107 cm³/mol. The molecule has 0 radical (unpaired) electrons. The van der Waals surface area contributed by atoms with Crippen LogP contribution in [0, 0.1) is 0 Å². The van der Waals surface area contributed by atoms with Gasteiger partial charge < -0.3 is 4.90 Å². The summed E-state index contributed by atoms with van der Waals surface area (Å²) in [4.78, 5) is 30.6. The van der Waals surface area contributed by atoms with E-state index in [1.165, 1.54) is 18.2 Å². The second-order valence-corrected chi connectivity index (χ2v) is 8.73. The van der Waals surface area contributed by atoms with E-state index in [1.807, 2.05) is 19.1 Å². The van der Waals surface area contributed by atoms with Crippen molar-refractivity contribution < 1.29 is 18.0 Å². The lowest BCUT2D eigenvalue weighted by Crippen LogP contribution is -2.33. The number of aromatic nitrogens is 1. The molecule has 3 rings (SSSR count). The summed E-state index contributed by atoms with van der Waals surface area (Å²) in [7, 11) is -3.76. The van der Waals surface area contributed by atoms with Crippen molar-refractivity contribution in [2.75, 3.05) is 23.1 Å². The van der Waals surface area contributed by atoms with Gasteiger partial charge in [0.05, 0.1) is 16.5 Å². The number of carbonyl (C=O) groups is 2. The number of rotatable bonds is 6. The van der Waals surface area contributed by atoms with Crippen molar-refractivity contribution in [3.63, 3.8) is 0 Å². The van der Waals surface area contributed by atoms with Crippen molar-refractivity contribution in [1.29, 1.82) is 0 Å². The number of benzene rings is 1. The van der Waals surface area contributed by atoms with Crippen molar-refractivity contribution in [2.24, 2.45) is 0 Å². The van der Waals surface area contributed by atoms with Crippen molar-refractivity contribution in [3.8, 4) is 0 Å². The Labute approximate surface area is 169 Å². The molecule has 1 aliphatic rings. The van der Waals surface area contributed by atoms with Gasteiger partial charge in [-0.25, -0.2) is 12.7 Å². The molecular weight excluding hydrogens is 402 g/mol. The molecule has 2 aromatic rings. The van der Waals surface area contributed by atoms with E-state index in [0.29, 0.717) is 23.8 Å². The average molecular weight is 422 g/mol. The van der Waals surface area contributed by atoms with E-state index in [2.05, 4.69) is 4.98 Å². The molecule has 0 spiro atoms. The Morgan fingerprint density at radius 2 is 1.96 bits per heavy atom. The van der Waals surface area contributed by atoms with Gasteiger partial charge in [-0.2, -0.15) is 0 Å². The first-order valence-corrected chi connectivity index (χ1v) is 10.9. The zero-order valence-corrected chi connectivity index (χ0v) is 16.9. The third-order valence-corrected chi connectivity index (χ3v) is 6.58. The van der Waals surface area contributed by atoms with E-state index in [4.69, 9.17) is 11.6 Å². The summed E-state index contributed by atoms with van der Waals surface area (Å²) >= 11 is 6.14. The van der Waals surface area contributed by atoms with Gasteiger partial charge in [0.25, 0.3) is 5.91 Å². The van der Waals surface area contributed by atoms with Crippen LogP contribution in [-0.2, 0) is 21.2 Å². The molecular formula is C19H20ClN3O4S. The predicted octanol–water partition coefficient (Wildman–Crippen LogP) is 2.51. The van der Waals surface area contributed by atoms with E-state index in [0.717, 1.165) is 5.56 Å². The minimum Gasteiger partial charge on any atom is -0.339 e. The van der Waals surface area contributed by atoms with E-state index in [-0.39, 0.29) is 34.4 Å². The zero-order chi connectivity index (χ0) is 20.3. The number of halogens is 1. The Morgan fingerprint density at radius 3 is 2.57 bits per heavy atom. The van der Waals surface area contributed by atoms with Crippen LogP contribution in [0.15, 0.2) is 42.7 Å². The van der Waals surface area contributed by atoms with Crippen molar-refractivity contribution >= 4 is 39.1 Å². The molecule has 1 aliphatic heterocycles. The Balaban J connectivity index is 1.84. The summed E-state index contributed by atoms with van der Waals surface area (Å²) in [5.74, 6) is -1.05. The lowest BCUT2D eigenvalue weighted by molar-refractivity contribution is -0.116. The van der Waals surface area contributed by atoms with E-state index in [9.17, 15) is 18.0 Å². The van der Waals surface area contributed by atoms with Gasteiger partial charge in [0.1, 0.15) is 0 Å². The summed E-state index contributed by atoms with van der Waals surface area (Å²) in [5.41, 5.74) is 1.37. The Kier molecular flexibility index (Phi) is 6.00. The summed E-state index contributed by atoms with van der Waals surface area (Å²) < 4.78 is 25.1. The van der Waals surface area contributed by atoms with Gasteiger partial charge in [-0.3, -0.25) is 14.6 Å². The molecule has 7 nitrogen and oxygen atoms in total. The Hall–Kier alpha value is -2.45. The molecule has 0 unspecified atom stereocenters. The highest BCUT2D eigenvalue weighted by atomic mass is 35.5. The molecule has 0 N–H and O–H groups in total. The fraction of sp³-hybridized carbons (Fsp3) is 0.316. The van der Waals surface area contributed by atoms with Crippen LogP contribution in [0.5, 0.6) is 0 Å². The minimum absolute atomic E-state index is 0.0280. The third-order valence-electron chi connectivity index (χ3n) is 4.58. The lowest BCUT2D eigenvalue weighted by atomic mass is 10.1. The van der Waals surface area contributed by atoms with Crippen LogP contribution < -0.4 is 4.31 Å². The highest BCUT2D eigenvalue weighted by molar-refractivity contribution is 7.94. The van der Waals surface area contributed by atoms with Gasteiger partial charge in [0.2, 0.25) is 15.9 Å². The molecule has 9 heteroatoms. The molecule has 148 valence electrons. The van der Waals surface area contributed by atoms with Gasteiger partial charge in [0, 0.05) is 37.5 Å². The Morgan fingerprint density at radius 1 is 1.25 bits per heavy atom. The highest BCUT2D eigenvalue weighted by Gasteiger charge is 2.37. The van der Waals surface area contributed by atoms with Gasteiger partial charge in [-0.15, -0.1) is 0 Å². The summed E-state index contributed by atoms with van der Waals surface area (Å²) in [5, 5.41) is 0.107. The van der Waals surface area contributed by atoms with Crippen LogP contribution >= 0.6 is 11.6 Å². The van der Waals surface area contributed by atoms with Gasteiger partial charge in [-0.05, 0) is 49.2 Å². The molecule has 0 atom stereocenters. The third kappa shape index (κ3) is 4.18. The zero-order valence-electron chi connectivity index (χ0n) is 15.3. The van der Waals surface area contributed by atoms with Crippen molar-refractivity contribution in [2.45, 2.75) is 19.8 Å². The van der Waals surface area contributed by atoms with Gasteiger partial charge in [0.15, 0.2) is 0 Å². The number of likely N-dealkylation sites (N-methyl/N-ethyl adjacent to an activating group) is 1. The summed E-state index contributed by atoms with van der Waals surface area (Å²) in [6.45, 7) is 2.86. The number of anilines is 1. The second kappa shape index (κ2) is 8.28. The molecule has 1 aromatic heterocycles. The van der Waals surface area contributed by atoms with Crippen LogP contribution in [0.3, 0.4) is 0 Å². The van der Waals surface area contributed by atoms with Gasteiger partial charge in [-0.1, -0.05) is 11.6 Å². The van der Waals surface area contributed by atoms with Crippen LogP contribution in [-0.4, -0.2) is 49.0 Å². The van der Waals surface area contributed by atoms with E-state index < -0.39 is 15.9 Å². The lowest BCUT2D eigenvalue weighted by Gasteiger charge is -2.22. The summed E-state index contributed by atoms with van der Waals surface area (Å²) in [6.07, 6.45) is 3.98. The molecule has 0 bridgehead atoms. The normalized spacial score (nSPS) is 15.6. The fourth-order valence-corrected chi connectivity index (χ4v) is 4.77. The fourth-order valence-electron chi connectivity index (χ4n) is 3.05. The first kappa shape index (κ1) is 20.3. The monoisotopic (exact) mass is 421 g/mol. The number of amides is 2. The first-order chi connectivity index (χ1) is 13.3. The standard InChI is InChI=1S/C19H20ClN3O4S/c1-2-22(11-7-14-5-9-21-10-6-14)19(25)15-3-4-16(20)17(13-15)23-18(24)8-12-28(23,26)27/h3-6,9-10,13H,2,7-8,11-12H2,1H3. The quantitative estimate of drug-likeness (QED) is 0.715. The summed E-state index contributed by atoms with van der Waals surface area (Å²) in [6, 6.07) is 8.14. The highest BCUT2D eigenvalue weighted by Crippen LogP contribution is 2.33. The number of nitrogens with zero attached hydrogens (tertiary/aromatic N) is 3. The molecule has 0 aliphatic carbocycles. The molecule has 28 heavy (non-hydrogen) atoms. The molecule has 2 heterocycles. The average Bonchev–Trinajstić information content (AvgIpc) is 2.96. The maximum absolute atomic E-state index is 12.9. The van der Waals surface area contributed by atoms with Crippen LogP contribution in [0.25, 0.3) is 0 Å². The second-order valence-electron chi connectivity index (χ2n) is 6.38. The topological polar surface area (TPSA) is 87.7 Å². The number of carbonyl (C=O) groups excluding carboxylic acids is 2. The number of hydrogen-bond donors (Lipinski definition) is 0. The molecule has 2 amide bonds. The molecule has 1 aromatic carbocycles. The molecule has 1 fully saturated rings. The van der Waals surface area contributed by atoms with Crippen LogP contribution in [0.4, 0.5) is 5.69 Å².